The minimum atomic E-state index is -0.747. The molecule has 36 heavy (non-hydrogen) atoms. The number of nitrogens with one attached hydrogen (secondary N) is 3. The number of hydrogen-bond donors (Lipinski definition) is 4. The van der Waals surface area contributed by atoms with Gasteiger partial charge in [0.05, 0.1) is 18.2 Å². The van der Waals surface area contributed by atoms with Crippen LogP contribution in [0.2, 0.25) is 0 Å². The predicted octanol–water partition coefficient (Wildman–Crippen LogP) is 0.911. The molecule has 1 heterocycles. The Labute approximate surface area is 216 Å². The van der Waals surface area contributed by atoms with Gasteiger partial charge in [0.1, 0.15) is 17.9 Å². The fourth-order valence-corrected chi connectivity index (χ4v) is 3.86. The lowest BCUT2D eigenvalue weighted by molar-refractivity contribution is -0.133. The number of amides is 2. The number of piperidine rings is 1. The number of nitrogens with zero attached hydrogens (tertiary/aromatic N) is 2. The third-order valence-electron chi connectivity index (χ3n) is 5.98. The summed E-state index contributed by atoms with van der Waals surface area (Å²) in [6.07, 6.45) is 4.15. The molecule has 4 unspecified atom stereocenters. The first-order chi connectivity index (χ1) is 16.9. The molecule has 0 aromatic heterocycles. The maximum absolute atomic E-state index is 13.0. The van der Waals surface area contributed by atoms with Gasteiger partial charge in [-0.3, -0.25) is 14.6 Å². The second-order valence-corrected chi connectivity index (χ2v) is 10.3. The normalized spacial score (nSPS) is 20.5. The molecule has 2 amide bonds. The third kappa shape index (κ3) is 11.7. The van der Waals surface area contributed by atoms with Gasteiger partial charge < -0.3 is 40.9 Å². The van der Waals surface area contributed by atoms with E-state index in [1.165, 1.54) is 0 Å². The zero-order valence-electron chi connectivity index (χ0n) is 23.2. The van der Waals surface area contributed by atoms with Crippen molar-refractivity contribution in [2.24, 2.45) is 10.7 Å². The van der Waals surface area contributed by atoms with Crippen LogP contribution in [0.4, 0.5) is 0 Å². The molecule has 11 heteroatoms. The number of carbonyl (C=O) groups excluding carboxylic acids is 3. The number of likely N-dealkylation sites (tertiary alicyclic amines) is 1. The lowest BCUT2D eigenvalue weighted by Crippen LogP contribution is -2.62. The van der Waals surface area contributed by atoms with E-state index in [4.69, 9.17) is 15.2 Å². The van der Waals surface area contributed by atoms with E-state index >= 15 is 0 Å². The Morgan fingerprint density at radius 3 is 2.44 bits per heavy atom. The van der Waals surface area contributed by atoms with Crippen LogP contribution in [0.25, 0.3) is 0 Å². The van der Waals surface area contributed by atoms with E-state index in [0.29, 0.717) is 32.0 Å². The topological polar surface area (TPSA) is 147 Å². The molecule has 1 fully saturated rings. The van der Waals surface area contributed by atoms with Gasteiger partial charge in [-0.1, -0.05) is 6.42 Å². The number of likely N-dealkylation sites (N-methyl/N-ethyl adjacent to an activating group) is 1. The van der Waals surface area contributed by atoms with Crippen LogP contribution in [0.15, 0.2) is 4.99 Å². The quantitative estimate of drug-likeness (QED) is 0.153. The number of guanidine groups is 1. The van der Waals surface area contributed by atoms with E-state index in [9.17, 15) is 14.4 Å². The highest BCUT2D eigenvalue weighted by atomic mass is 16.5. The molecule has 0 bridgehead atoms. The second-order valence-electron chi connectivity index (χ2n) is 10.3. The second kappa shape index (κ2) is 15.8. The molecule has 0 aromatic carbocycles. The van der Waals surface area contributed by atoms with Crippen LogP contribution in [-0.4, -0.2) is 92.3 Å². The number of ketones is 1. The Hall–Kier alpha value is -2.24. The van der Waals surface area contributed by atoms with Gasteiger partial charge >= 0.3 is 0 Å². The number of ether oxygens (including phenoxy) is 2. The fraction of sp³-hybridized carbons (Fsp3) is 0.840. The maximum atomic E-state index is 13.0. The van der Waals surface area contributed by atoms with E-state index in [0.717, 1.165) is 25.7 Å². The van der Waals surface area contributed by atoms with Crippen LogP contribution in [-0.2, 0) is 23.9 Å². The van der Waals surface area contributed by atoms with Gasteiger partial charge in [-0.15, -0.1) is 0 Å². The Morgan fingerprint density at radius 1 is 1.17 bits per heavy atom. The zero-order chi connectivity index (χ0) is 27.3. The number of aliphatic imine (C=N–C) groups is 1. The summed E-state index contributed by atoms with van der Waals surface area (Å²) in [5.74, 6) is -0.0695. The van der Waals surface area contributed by atoms with E-state index in [-0.39, 0.29) is 35.8 Å². The summed E-state index contributed by atoms with van der Waals surface area (Å²) in [6.45, 7) is 10.3. The molecular weight excluding hydrogens is 464 g/mol. The summed E-state index contributed by atoms with van der Waals surface area (Å²) in [5, 5.41) is 8.74. The summed E-state index contributed by atoms with van der Waals surface area (Å²) in [5.41, 5.74) is 5.74. The number of rotatable bonds is 14. The van der Waals surface area contributed by atoms with E-state index < -0.39 is 18.3 Å². The smallest absolute Gasteiger partial charge is 0.242 e. The SMILES string of the molecule is CN=C(N)N1CCCC(NC(=O)C(C)NC(=O)C(COC(C)(C)C)NC)C1OCCCCCC(C)=O. The van der Waals surface area contributed by atoms with Crippen molar-refractivity contribution in [3.05, 3.63) is 0 Å². The monoisotopic (exact) mass is 512 g/mol. The van der Waals surface area contributed by atoms with Crippen LogP contribution in [0.1, 0.15) is 73.1 Å². The summed E-state index contributed by atoms with van der Waals surface area (Å²) in [7, 11) is 3.30. The Morgan fingerprint density at radius 2 is 1.86 bits per heavy atom. The van der Waals surface area contributed by atoms with E-state index in [2.05, 4.69) is 20.9 Å². The molecule has 1 aliphatic rings. The molecule has 5 N–H and O–H groups in total. The number of unbranched alkanes of at least 4 members (excludes halogenated alkanes) is 2. The first-order valence-corrected chi connectivity index (χ1v) is 12.9. The number of carbonyl (C=O) groups is 3. The number of nitrogens with two attached hydrogens (primary N) is 1. The van der Waals surface area contributed by atoms with Gasteiger partial charge in [0, 0.05) is 26.6 Å². The van der Waals surface area contributed by atoms with Crippen LogP contribution in [0, 0.1) is 0 Å². The van der Waals surface area contributed by atoms with E-state index in [1.807, 2.05) is 25.7 Å². The van der Waals surface area contributed by atoms with Gasteiger partial charge in [-0.25, -0.2) is 0 Å². The lowest BCUT2D eigenvalue weighted by atomic mass is 10.0. The van der Waals surface area contributed by atoms with Crippen LogP contribution in [0.5, 0.6) is 0 Å². The molecule has 0 radical (unpaired) electrons. The average Bonchev–Trinajstić information content (AvgIpc) is 2.80. The number of Topliss-reactive ketones (excluding diaryl/α,β-unsaturated/α-hetero) is 1. The van der Waals surface area contributed by atoms with Gasteiger partial charge in [0.2, 0.25) is 11.8 Å². The zero-order valence-corrected chi connectivity index (χ0v) is 23.2. The van der Waals surface area contributed by atoms with E-state index in [1.54, 1.807) is 27.9 Å². The molecule has 0 aromatic rings. The summed E-state index contributed by atoms with van der Waals surface area (Å²) >= 11 is 0. The molecule has 1 saturated heterocycles. The van der Waals surface area contributed by atoms with Crippen molar-refractivity contribution >= 4 is 23.6 Å². The van der Waals surface area contributed by atoms with Crippen LogP contribution >= 0.6 is 0 Å². The molecule has 0 saturated carbocycles. The minimum absolute atomic E-state index is 0.188. The molecule has 1 rings (SSSR count). The van der Waals surface area contributed by atoms with Crippen molar-refractivity contribution in [2.45, 2.75) is 103 Å². The first kappa shape index (κ1) is 31.8. The Bertz CT molecular complexity index is 739. The fourth-order valence-electron chi connectivity index (χ4n) is 3.86. The van der Waals surface area contributed by atoms with Crippen molar-refractivity contribution in [1.29, 1.82) is 0 Å². The number of hydrogen-bond acceptors (Lipinski definition) is 7. The largest absolute Gasteiger partial charge is 0.374 e. The van der Waals surface area contributed by atoms with Crippen LogP contribution < -0.4 is 21.7 Å². The van der Waals surface area contributed by atoms with Crippen molar-refractivity contribution in [3.8, 4) is 0 Å². The van der Waals surface area contributed by atoms with Gasteiger partial charge in [0.25, 0.3) is 0 Å². The maximum Gasteiger partial charge on any atom is 0.242 e. The standard InChI is InChI=1S/C25H48N6O5/c1-17(32)12-9-8-10-15-35-23-19(13-11-14-31(23)24(26)28-7)30-21(33)18(2)29-22(34)20(27-6)16-36-25(3,4)5/h18-20,23,27H,8-16H2,1-7H3,(H2,26,28)(H,29,34)(H,30,33). The Balaban J connectivity index is 2.73. The van der Waals surface area contributed by atoms with Crippen LogP contribution in [0.3, 0.4) is 0 Å². The highest BCUT2D eigenvalue weighted by Gasteiger charge is 2.35. The molecule has 1 aliphatic heterocycles. The highest BCUT2D eigenvalue weighted by Crippen LogP contribution is 2.20. The van der Waals surface area contributed by atoms with Crippen molar-refractivity contribution < 1.29 is 23.9 Å². The molecule has 11 nitrogen and oxygen atoms in total. The Kier molecular flexibility index (Phi) is 13.9. The molecule has 4 atom stereocenters. The lowest BCUT2D eigenvalue weighted by Gasteiger charge is -2.42. The van der Waals surface area contributed by atoms with Gasteiger partial charge in [-0.2, -0.15) is 0 Å². The molecular formula is C25H48N6O5. The minimum Gasteiger partial charge on any atom is -0.374 e. The highest BCUT2D eigenvalue weighted by molar-refractivity contribution is 5.89. The van der Waals surface area contributed by atoms with Gasteiger partial charge in [-0.05, 0) is 67.3 Å². The summed E-state index contributed by atoms with van der Waals surface area (Å²) in [4.78, 5) is 42.8. The van der Waals surface area contributed by atoms with Crippen molar-refractivity contribution in [3.63, 3.8) is 0 Å². The van der Waals surface area contributed by atoms with Gasteiger partial charge in [0.15, 0.2) is 12.2 Å². The van der Waals surface area contributed by atoms with Crippen molar-refractivity contribution in [2.75, 3.05) is 33.9 Å². The third-order valence-corrected chi connectivity index (χ3v) is 5.98. The summed E-state index contributed by atoms with van der Waals surface area (Å²) < 4.78 is 11.9. The molecule has 0 aliphatic carbocycles. The van der Waals surface area contributed by atoms with Crippen molar-refractivity contribution in [1.82, 2.24) is 20.9 Å². The molecule has 208 valence electrons. The average molecular weight is 513 g/mol. The first-order valence-electron chi connectivity index (χ1n) is 12.9. The summed E-state index contributed by atoms with van der Waals surface area (Å²) in [6, 6.07) is -1.64. The predicted molar refractivity (Wildman–Crippen MR) is 140 cm³/mol. The molecule has 0 spiro atoms.